The Morgan fingerprint density at radius 2 is 1.34 bits per heavy atom. The van der Waals surface area contributed by atoms with E-state index < -0.39 is 15.6 Å². The first kappa shape index (κ1) is 50.1. The van der Waals surface area contributed by atoms with Crippen LogP contribution in [0, 0.1) is 26.7 Å². The number of Topliss-reactive ketones (excluding diaryl/α,β-unsaturated/α-hetero) is 1. The van der Waals surface area contributed by atoms with Crippen molar-refractivity contribution in [1.82, 2.24) is 19.8 Å². The number of fused-ring (bicyclic) bond motifs is 2. The quantitative estimate of drug-likeness (QED) is 0.114. The Morgan fingerprint density at radius 3 is 1.93 bits per heavy atom. The molecule has 0 bridgehead atoms. The fourth-order valence-electron chi connectivity index (χ4n) is 8.09. The van der Waals surface area contributed by atoms with E-state index in [0.717, 1.165) is 103 Å². The third-order valence-corrected chi connectivity index (χ3v) is 12.5. The van der Waals surface area contributed by atoms with Crippen LogP contribution >= 0.6 is 31.9 Å². The summed E-state index contributed by atoms with van der Waals surface area (Å²) < 4.78 is 65.4. The van der Waals surface area contributed by atoms with Crippen molar-refractivity contribution >= 4 is 53.3 Å². The van der Waals surface area contributed by atoms with Crippen LogP contribution in [-0.4, -0.2) is 96.9 Å². The number of methoxy groups -OCH3 is 1. The van der Waals surface area contributed by atoms with Crippen molar-refractivity contribution in [2.75, 3.05) is 47.4 Å². The molecule has 3 aliphatic rings. The van der Waals surface area contributed by atoms with Gasteiger partial charge in [0.15, 0.2) is 5.78 Å². The summed E-state index contributed by atoms with van der Waals surface area (Å²) in [5, 5.41) is 0. The topological polar surface area (TPSA) is 144 Å². The first-order valence-electron chi connectivity index (χ1n) is 19.9. The van der Waals surface area contributed by atoms with Gasteiger partial charge >= 0.3 is 15.6 Å². The van der Waals surface area contributed by atoms with E-state index in [0.29, 0.717) is 5.69 Å². The molecule has 0 atom stereocenters. The van der Waals surface area contributed by atoms with Crippen molar-refractivity contribution in [2.24, 2.45) is 5.92 Å². The summed E-state index contributed by atoms with van der Waals surface area (Å²) in [5.41, 5.74) is 9.32. The van der Waals surface area contributed by atoms with Crippen LogP contribution in [0.2, 0.25) is 0 Å². The molecule has 4 aromatic rings. The SMILES string of the molecule is COc1cc(C)cc2c1C(=C1CCN(C)CC1)c1ncc(Br)cc1CC2.Cc1cc(C)cc(CCc2cc(Br)cnc2C(=O)C2CCN(C)CC2)c1.O.O=S(=O)(O)C(F)(F)F. The number of nitrogens with zero attached hydrogens (tertiary/aromatic N) is 4. The first-order valence-corrected chi connectivity index (χ1v) is 23.0. The molecule has 61 heavy (non-hydrogen) atoms. The highest BCUT2D eigenvalue weighted by Crippen LogP contribution is 2.43. The minimum Gasteiger partial charge on any atom is -0.496 e. The molecule has 2 saturated heterocycles. The number of hydrogen-bond donors (Lipinski definition) is 1. The van der Waals surface area contributed by atoms with Gasteiger partial charge < -0.3 is 20.0 Å². The van der Waals surface area contributed by atoms with E-state index in [4.69, 9.17) is 22.7 Å². The Kier molecular flexibility index (Phi) is 17.9. The smallest absolute Gasteiger partial charge is 0.496 e. The highest BCUT2D eigenvalue weighted by Gasteiger charge is 2.44. The molecule has 0 spiro atoms. The summed E-state index contributed by atoms with van der Waals surface area (Å²) in [4.78, 5) is 27.1. The average molecular weight is 997 g/mol. The van der Waals surface area contributed by atoms with E-state index in [-0.39, 0.29) is 17.2 Å². The van der Waals surface area contributed by atoms with E-state index in [1.54, 1.807) is 13.3 Å². The number of hydrogen-bond acceptors (Lipinski definition) is 8. The number of rotatable bonds is 6. The molecule has 0 unspecified atom stereocenters. The molecule has 0 amide bonds. The third-order valence-electron chi connectivity index (χ3n) is 11.1. The van der Waals surface area contributed by atoms with Gasteiger partial charge in [-0.05, 0) is 177 Å². The monoisotopic (exact) mass is 994 g/mol. The Hall–Kier alpha value is -3.51. The maximum Gasteiger partial charge on any atom is 0.522 e. The molecule has 4 heterocycles. The lowest BCUT2D eigenvalue weighted by atomic mass is 9.87. The number of carbonyl (C=O) groups excluding carboxylic acids is 1. The number of piperidine rings is 2. The fourth-order valence-corrected chi connectivity index (χ4v) is 8.84. The molecule has 1 aliphatic carbocycles. The summed E-state index contributed by atoms with van der Waals surface area (Å²) in [6.45, 7) is 10.6. The van der Waals surface area contributed by atoms with Gasteiger partial charge in [-0.25, -0.2) is 0 Å². The summed E-state index contributed by atoms with van der Waals surface area (Å²) in [5.74, 6) is 1.32. The van der Waals surface area contributed by atoms with Gasteiger partial charge in [0.2, 0.25) is 0 Å². The molecule has 2 aromatic carbocycles. The maximum absolute atomic E-state index is 13.1. The lowest BCUT2D eigenvalue weighted by molar-refractivity contribution is -0.0510. The molecule has 0 radical (unpaired) electrons. The number of ketones is 1. The van der Waals surface area contributed by atoms with Gasteiger partial charge in [0.05, 0.1) is 12.8 Å². The van der Waals surface area contributed by atoms with Crippen LogP contribution in [0.5, 0.6) is 5.75 Å². The molecule has 7 rings (SSSR count). The van der Waals surface area contributed by atoms with Gasteiger partial charge in [-0.2, -0.15) is 21.6 Å². The van der Waals surface area contributed by atoms with Crippen molar-refractivity contribution in [3.05, 3.63) is 125 Å². The highest BCUT2D eigenvalue weighted by atomic mass is 79.9. The molecule has 10 nitrogen and oxygen atoms in total. The molecular weight excluding hydrogens is 941 g/mol. The molecular formula is C45H55Br2F3N4O6S. The van der Waals surface area contributed by atoms with Gasteiger partial charge in [-0.3, -0.25) is 19.3 Å². The summed E-state index contributed by atoms with van der Waals surface area (Å²) in [6.07, 6.45) is 11.5. The van der Waals surface area contributed by atoms with Crippen LogP contribution in [0.25, 0.3) is 5.57 Å². The number of halogens is 5. The minimum atomic E-state index is -5.84. The van der Waals surface area contributed by atoms with Crippen molar-refractivity contribution in [3.63, 3.8) is 0 Å². The van der Waals surface area contributed by atoms with E-state index in [1.807, 2.05) is 6.20 Å². The average Bonchev–Trinajstić information content (AvgIpc) is 3.33. The van der Waals surface area contributed by atoms with E-state index in [2.05, 4.69) is 124 Å². The van der Waals surface area contributed by atoms with Crippen LogP contribution in [0.1, 0.15) is 86.4 Å². The number of pyridine rings is 2. The summed E-state index contributed by atoms with van der Waals surface area (Å²) in [7, 11) is 0.267. The predicted molar refractivity (Wildman–Crippen MR) is 241 cm³/mol. The van der Waals surface area contributed by atoms with E-state index in [1.165, 1.54) is 50.1 Å². The molecule has 0 saturated carbocycles. The number of likely N-dealkylation sites (tertiary alicyclic amines) is 2. The standard InChI is InChI=1S/C22H25BrN2O.C22H27BrN2O.CHF3O3S.H2O/c1-14-10-16-4-5-17-12-18(23)13-24-22(17)21(20(16)19(11-14)26-3)15-6-8-25(2)9-7-15;1-15-10-16(2)12-17(11-15)4-5-19-13-20(23)14-24-21(19)22(26)18-6-8-25(3)9-7-18;2-1(3,4)8(5,6)7;/h10-13H,4-9H2,1-3H3;10-14,18H,4-9H2,1-3H3;(H,5,6,7);1H2. The van der Waals surface area contributed by atoms with Crippen LogP contribution in [-0.2, 0) is 35.8 Å². The Bertz CT molecular complexity index is 2300. The van der Waals surface area contributed by atoms with Gasteiger partial charge in [0.25, 0.3) is 0 Å². The van der Waals surface area contributed by atoms with Crippen LogP contribution < -0.4 is 4.74 Å². The number of alkyl halides is 3. The van der Waals surface area contributed by atoms with Crippen LogP contribution in [0.15, 0.2) is 69.4 Å². The number of ether oxygens (including phenoxy) is 1. The van der Waals surface area contributed by atoms with Gasteiger partial charge in [0.1, 0.15) is 11.4 Å². The first-order chi connectivity index (χ1) is 28.2. The Balaban J connectivity index is 0.000000225. The van der Waals surface area contributed by atoms with Crippen molar-refractivity contribution < 1.29 is 41.1 Å². The second-order valence-corrected chi connectivity index (χ2v) is 19.2. The van der Waals surface area contributed by atoms with Gasteiger partial charge in [-0.15, -0.1) is 0 Å². The molecule has 332 valence electrons. The molecule has 2 fully saturated rings. The van der Waals surface area contributed by atoms with Crippen molar-refractivity contribution in [3.8, 4) is 5.75 Å². The Labute approximate surface area is 374 Å². The molecule has 16 heteroatoms. The number of aryl methyl sites for hydroxylation is 7. The zero-order valence-electron chi connectivity index (χ0n) is 35.4. The minimum absolute atomic E-state index is 0. The normalized spacial score (nSPS) is 16.1. The largest absolute Gasteiger partial charge is 0.522 e. The molecule has 3 N–H and O–H groups in total. The zero-order chi connectivity index (χ0) is 43.9. The summed E-state index contributed by atoms with van der Waals surface area (Å²) >= 11 is 7.12. The van der Waals surface area contributed by atoms with Crippen LogP contribution in [0.4, 0.5) is 13.2 Å². The highest BCUT2D eigenvalue weighted by molar-refractivity contribution is 9.10. The second-order valence-electron chi connectivity index (χ2n) is 16.0. The van der Waals surface area contributed by atoms with Crippen molar-refractivity contribution in [2.45, 2.75) is 77.6 Å². The second kappa shape index (κ2) is 21.7. The molecule has 2 aliphatic heterocycles. The lowest BCUT2D eigenvalue weighted by Gasteiger charge is -2.28. The predicted octanol–water partition coefficient (Wildman–Crippen LogP) is 9.13. The number of aromatic nitrogens is 2. The fraction of sp³-hybridized carbons (Fsp3) is 0.444. The zero-order valence-corrected chi connectivity index (χ0v) is 39.4. The number of benzene rings is 2. The maximum atomic E-state index is 13.1. The Morgan fingerprint density at radius 1 is 0.803 bits per heavy atom. The van der Waals surface area contributed by atoms with Crippen LogP contribution in [0.3, 0.4) is 0 Å². The summed E-state index contributed by atoms with van der Waals surface area (Å²) in [6, 6.07) is 15.5. The van der Waals surface area contributed by atoms with Crippen molar-refractivity contribution in [1.29, 1.82) is 0 Å². The lowest BCUT2D eigenvalue weighted by Crippen LogP contribution is -2.34. The third kappa shape index (κ3) is 13.5. The van der Waals surface area contributed by atoms with Gasteiger partial charge in [0, 0.05) is 51.5 Å². The van der Waals surface area contributed by atoms with E-state index in [9.17, 15) is 18.0 Å². The van der Waals surface area contributed by atoms with E-state index >= 15 is 0 Å². The molecule has 2 aromatic heterocycles. The number of carbonyl (C=O) groups is 1. The van der Waals surface area contributed by atoms with Gasteiger partial charge in [-0.1, -0.05) is 41.0 Å².